The third kappa shape index (κ3) is 5.67. The van der Waals surface area contributed by atoms with Crippen LogP contribution in [0.1, 0.15) is 15.9 Å². The smallest absolute Gasteiger partial charge is 0.387 e. The molecule has 7 nitrogen and oxygen atoms in total. The summed E-state index contributed by atoms with van der Waals surface area (Å²) in [6, 6.07) is 11.6. The van der Waals surface area contributed by atoms with E-state index in [9.17, 15) is 18.4 Å². The van der Waals surface area contributed by atoms with Gasteiger partial charge >= 0.3 is 12.6 Å². The number of carbonyl (C=O) groups is 2. The van der Waals surface area contributed by atoms with Gasteiger partial charge in [0.1, 0.15) is 0 Å². The minimum absolute atomic E-state index is 0.000334. The van der Waals surface area contributed by atoms with Gasteiger partial charge < -0.3 is 19.5 Å². The van der Waals surface area contributed by atoms with E-state index in [0.29, 0.717) is 11.3 Å². The first-order chi connectivity index (χ1) is 12.9. The van der Waals surface area contributed by atoms with Crippen molar-refractivity contribution < 1.29 is 32.6 Å². The highest BCUT2D eigenvalue weighted by Gasteiger charge is 2.16. The molecule has 0 spiro atoms. The van der Waals surface area contributed by atoms with Gasteiger partial charge in [-0.2, -0.15) is 14.0 Å². The molecule has 0 aromatic heterocycles. The van der Waals surface area contributed by atoms with Gasteiger partial charge in [-0.1, -0.05) is 0 Å². The summed E-state index contributed by atoms with van der Waals surface area (Å²) < 4.78 is 38.6. The van der Waals surface area contributed by atoms with Crippen LogP contribution < -0.4 is 14.8 Å². The maximum atomic E-state index is 12.3. The van der Waals surface area contributed by atoms with Crippen LogP contribution in [0.3, 0.4) is 0 Å². The number of ether oxygens (including phenoxy) is 3. The van der Waals surface area contributed by atoms with Crippen molar-refractivity contribution in [2.75, 3.05) is 19.0 Å². The van der Waals surface area contributed by atoms with Crippen molar-refractivity contribution in [3.63, 3.8) is 0 Å². The normalized spacial score (nSPS) is 10.0. The SMILES string of the molecule is COc1cc(C(=O)OCC(=O)Nc2ccc(C#N)cc2)ccc1OC(F)F. The predicted octanol–water partition coefficient (Wildman–Crippen LogP) is 2.96. The number of esters is 1. The van der Waals surface area contributed by atoms with Gasteiger partial charge in [0, 0.05) is 5.69 Å². The van der Waals surface area contributed by atoms with Crippen molar-refractivity contribution in [2.24, 2.45) is 0 Å². The fraction of sp³-hybridized carbons (Fsp3) is 0.167. The van der Waals surface area contributed by atoms with E-state index in [1.165, 1.54) is 43.5 Å². The van der Waals surface area contributed by atoms with Crippen molar-refractivity contribution in [2.45, 2.75) is 6.61 Å². The molecular weight excluding hydrogens is 362 g/mol. The fourth-order valence-corrected chi connectivity index (χ4v) is 2.03. The molecule has 140 valence electrons. The summed E-state index contributed by atoms with van der Waals surface area (Å²) in [4.78, 5) is 23.8. The van der Waals surface area contributed by atoms with Gasteiger partial charge in [0.25, 0.3) is 5.91 Å². The van der Waals surface area contributed by atoms with Crippen LogP contribution in [0.25, 0.3) is 0 Å². The molecule has 0 saturated heterocycles. The number of nitrogens with zero attached hydrogens (tertiary/aromatic N) is 1. The van der Waals surface area contributed by atoms with E-state index in [1.807, 2.05) is 6.07 Å². The molecule has 2 aromatic carbocycles. The molecule has 0 aliphatic rings. The molecule has 1 amide bonds. The van der Waals surface area contributed by atoms with E-state index in [1.54, 1.807) is 0 Å². The average Bonchev–Trinajstić information content (AvgIpc) is 2.66. The largest absolute Gasteiger partial charge is 0.493 e. The van der Waals surface area contributed by atoms with Crippen molar-refractivity contribution in [3.05, 3.63) is 53.6 Å². The molecule has 0 aliphatic heterocycles. The van der Waals surface area contributed by atoms with E-state index in [-0.39, 0.29) is 17.1 Å². The van der Waals surface area contributed by atoms with Crippen LogP contribution in [-0.2, 0) is 9.53 Å². The Kier molecular flexibility index (Phi) is 6.66. The van der Waals surface area contributed by atoms with Crippen molar-refractivity contribution in [3.8, 4) is 17.6 Å². The van der Waals surface area contributed by atoms with Crippen molar-refractivity contribution in [1.82, 2.24) is 0 Å². The predicted molar refractivity (Wildman–Crippen MR) is 89.7 cm³/mol. The van der Waals surface area contributed by atoms with Crippen LogP contribution in [0.15, 0.2) is 42.5 Å². The molecule has 27 heavy (non-hydrogen) atoms. The van der Waals surface area contributed by atoms with E-state index >= 15 is 0 Å². The quantitative estimate of drug-likeness (QED) is 0.746. The number of nitrogens with one attached hydrogen (secondary N) is 1. The maximum Gasteiger partial charge on any atom is 0.387 e. The number of carbonyl (C=O) groups excluding carboxylic acids is 2. The molecule has 2 rings (SSSR count). The maximum absolute atomic E-state index is 12.3. The summed E-state index contributed by atoms with van der Waals surface area (Å²) in [7, 11) is 1.23. The van der Waals surface area contributed by atoms with Gasteiger partial charge in [-0.15, -0.1) is 0 Å². The zero-order valence-corrected chi connectivity index (χ0v) is 14.1. The number of nitriles is 1. The standard InChI is InChI=1S/C18H14F2N2O5/c1-25-15-8-12(4-7-14(15)27-18(19)20)17(24)26-10-16(23)22-13-5-2-11(9-21)3-6-13/h2-8,18H,10H2,1H3,(H,22,23). The molecule has 1 N–H and O–H groups in total. The minimum atomic E-state index is -3.04. The third-order valence-corrected chi connectivity index (χ3v) is 3.25. The molecule has 0 aliphatic carbocycles. The number of benzene rings is 2. The Balaban J connectivity index is 1.94. The number of methoxy groups -OCH3 is 1. The molecular formula is C18H14F2N2O5. The van der Waals surface area contributed by atoms with E-state index < -0.39 is 25.1 Å². The number of hydrogen-bond acceptors (Lipinski definition) is 6. The van der Waals surface area contributed by atoms with Crippen LogP contribution in [0.5, 0.6) is 11.5 Å². The van der Waals surface area contributed by atoms with E-state index in [2.05, 4.69) is 10.1 Å². The topological polar surface area (TPSA) is 97.6 Å². The first-order valence-electron chi connectivity index (χ1n) is 7.53. The summed E-state index contributed by atoms with van der Waals surface area (Å²) in [6.07, 6.45) is 0. The Morgan fingerprint density at radius 1 is 1.15 bits per heavy atom. The number of rotatable bonds is 7. The Morgan fingerprint density at radius 3 is 2.44 bits per heavy atom. The molecule has 0 unspecified atom stereocenters. The van der Waals surface area contributed by atoms with Crippen LogP contribution >= 0.6 is 0 Å². The summed E-state index contributed by atoms with van der Waals surface area (Å²) in [5, 5.41) is 11.2. The van der Waals surface area contributed by atoms with Gasteiger partial charge in [0.15, 0.2) is 18.1 Å². The summed E-state index contributed by atoms with van der Waals surface area (Å²) >= 11 is 0. The van der Waals surface area contributed by atoms with Crippen molar-refractivity contribution in [1.29, 1.82) is 5.26 Å². The molecule has 0 bridgehead atoms. The lowest BCUT2D eigenvalue weighted by atomic mass is 10.2. The van der Waals surface area contributed by atoms with E-state index in [0.717, 1.165) is 6.07 Å². The van der Waals surface area contributed by atoms with E-state index in [4.69, 9.17) is 14.7 Å². The van der Waals surface area contributed by atoms with Gasteiger partial charge in [-0.05, 0) is 42.5 Å². The van der Waals surface area contributed by atoms with Gasteiger partial charge in [-0.3, -0.25) is 4.79 Å². The molecule has 0 radical (unpaired) electrons. The summed E-state index contributed by atoms with van der Waals surface area (Å²) in [5.74, 6) is -1.74. The fourth-order valence-electron chi connectivity index (χ4n) is 2.03. The van der Waals surface area contributed by atoms with Crippen LogP contribution in [-0.4, -0.2) is 32.2 Å². The van der Waals surface area contributed by atoms with Gasteiger partial charge in [0.2, 0.25) is 0 Å². The zero-order chi connectivity index (χ0) is 19.8. The first-order valence-corrected chi connectivity index (χ1v) is 7.53. The number of hydrogen-bond donors (Lipinski definition) is 1. The number of anilines is 1. The Hall–Kier alpha value is -3.67. The second kappa shape index (κ2) is 9.15. The Labute approximate surface area is 153 Å². The molecule has 0 atom stereocenters. The van der Waals surface area contributed by atoms with Crippen LogP contribution in [0.2, 0.25) is 0 Å². The highest BCUT2D eigenvalue weighted by Crippen LogP contribution is 2.29. The lowest BCUT2D eigenvalue weighted by Crippen LogP contribution is -2.21. The van der Waals surface area contributed by atoms with Crippen molar-refractivity contribution >= 4 is 17.6 Å². The molecule has 0 heterocycles. The monoisotopic (exact) mass is 376 g/mol. The number of amides is 1. The third-order valence-electron chi connectivity index (χ3n) is 3.25. The average molecular weight is 376 g/mol. The summed E-state index contributed by atoms with van der Waals surface area (Å²) in [5.41, 5.74) is 0.873. The van der Waals surface area contributed by atoms with Crippen LogP contribution in [0, 0.1) is 11.3 Å². The minimum Gasteiger partial charge on any atom is -0.493 e. The Morgan fingerprint density at radius 2 is 1.85 bits per heavy atom. The highest BCUT2D eigenvalue weighted by atomic mass is 19.3. The second-order valence-corrected chi connectivity index (χ2v) is 5.06. The zero-order valence-electron chi connectivity index (χ0n) is 14.1. The van der Waals surface area contributed by atoms with Gasteiger partial charge in [0.05, 0.1) is 24.3 Å². The second-order valence-electron chi connectivity index (χ2n) is 5.06. The molecule has 0 fully saturated rings. The highest BCUT2D eigenvalue weighted by molar-refractivity contribution is 5.95. The number of alkyl halides is 2. The molecule has 9 heteroatoms. The Bertz CT molecular complexity index is 863. The van der Waals surface area contributed by atoms with Crippen LogP contribution in [0.4, 0.5) is 14.5 Å². The lowest BCUT2D eigenvalue weighted by molar-refractivity contribution is -0.119. The molecule has 0 saturated carbocycles. The summed E-state index contributed by atoms with van der Waals surface area (Å²) in [6.45, 7) is -3.60. The lowest BCUT2D eigenvalue weighted by Gasteiger charge is -2.11. The molecule has 2 aromatic rings. The number of halogens is 2. The first kappa shape index (κ1) is 19.7. The van der Waals surface area contributed by atoms with Gasteiger partial charge in [-0.25, -0.2) is 4.79 Å².